The molecule has 0 aliphatic carbocycles. The second kappa shape index (κ2) is 7.13. The van der Waals surface area contributed by atoms with Crippen LogP contribution in [0.1, 0.15) is 29.7 Å². The van der Waals surface area contributed by atoms with E-state index in [2.05, 4.69) is 5.32 Å². The quantitative estimate of drug-likeness (QED) is 0.903. The van der Waals surface area contributed by atoms with Crippen LogP contribution in [0.15, 0.2) is 47.4 Å². The van der Waals surface area contributed by atoms with E-state index < -0.39 is 21.7 Å². The molecule has 4 nitrogen and oxygen atoms in total. The summed E-state index contributed by atoms with van der Waals surface area (Å²) in [6, 6.07) is 11.1. The second-order valence-corrected chi connectivity index (χ2v) is 7.90. The fourth-order valence-corrected chi connectivity index (χ4v) is 3.20. The molecule has 0 radical (unpaired) electrons. The molecule has 0 aliphatic heterocycles. The third-order valence-electron chi connectivity index (χ3n) is 3.68. The Kier molecular flexibility index (Phi) is 5.39. The number of sulfone groups is 1. The number of carbonyl (C=O) groups is 1. The molecule has 2 rings (SSSR count). The Morgan fingerprint density at radius 1 is 1.21 bits per heavy atom. The standard InChI is InChI=1S/C18H20FNO3S/c1-12-5-4-6-14(9-12)10-18(21)20-13(2)15-7-8-17(16(19)11-15)24(3,22)23/h4-9,11,13H,10H2,1-3H3,(H,20,21). The summed E-state index contributed by atoms with van der Waals surface area (Å²) in [5, 5.41) is 2.79. The van der Waals surface area contributed by atoms with Crippen molar-refractivity contribution in [2.75, 3.05) is 6.26 Å². The summed E-state index contributed by atoms with van der Waals surface area (Å²) in [5.74, 6) is -0.990. The van der Waals surface area contributed by atoms with Crippen molar-refractivity contribution in [2.24, 2.45) is 0 Å². The minimum atomic E-state index is -3.61. The van der Waals surface area contributed by atoms with E-state index in [0.29, 0.717) is 5.56 Å². The van der Waals surface area contributed by atoms with Gasteiger partial charge in [-0.25, -0.2) is 12.8 Å². The van der Waals surface area contributed by atoms with Gasteiger partial charge in [0.05, 0.1) is 12.5 Å². The zero-order valence-electron chi connectivity index (χ0n) is 13.8. The van der Waals surface area contributed by atoms with Crippen LogP contribution in [0.4, 0.5) is 4.39 Å². The topological polar surface area (TPSA) is 63.2 Å². The molecule has 0 bridgehead atoms. The van der Waals surface area contributed by atoms with Gasteiger partial charge in [0, 0.05) is 6.26 Å². The summed E-state index contributed by atoms with van der Waals surface area (Å²) in [6.45, 7) is 3.68. The van der Waals surface area contributed by atoms with Crippen molar-refractivity contribution in [1.82, 2.24) is 5.32 Å². The highest BCUT2D eigenvalue weighted by Crippen LogP contribution is 2.20. The lowest BCUT2D eigenvalue weighted by molar-refractivity contribution is -0.121. The number of carbonyl (C=O) groups excluding carboxylic acids is 1. The highest BCUT2D eigenvalue weighted by atomic mass is 32.2. The number of hydrogen-bond acceptors (Lipinski definition) is 3. The number of nitrogens with one attached hydrogen (secondary N) is 1. The van der Waals surface area contributed by atoms with Crippen molar-refractivity contribution in [3.8, 4) is 0 Å². The van der Waals surface area contributed by atoms with Crippen LogP contribution < -0.4 is 5.32 Å². The molecule has 0 heterocycles. The molecule has 0 saturated heterocycles. The lowest BCUT2D eigenvalue weighted by atomic mass is 10.1. The summed E-state index contributed by atoms with van der Waals surface area (Å²) >= 11 is 0. The first-order chi connectivity index (χ1) is 11.2. The Morgan fingerprint density at radius 2 is 1.92 bits per heavy atom. The minimum absolute atomic E-state index is 0.180. The maximum atomic E-state index is 13.9. The fourth-order valence-electron chi connectivity index (χ4n) is 2.47. The van der Waals surface area contributed by atoms with Gasteiger partial charge in [0.2, 0.25) is 5.91 Å². The molecule has 1 N–H and O–H groups in total. The molecule has 24 heavy (non-hydrogen) atoms. The van der Waals surface area contributed by atoms with Crippen molar-refractivity contribution in [1.29, 1.82) is 0 Å². The third kappa shape index (κ3) is 4.64. The van der Waals surface area contributed by atoms with Crippen molar-refractivity contribution in [3.05, 3.63) is 65.0 Å². The van der Waals surface area contributed by atoms with Crippen LogP contribution in [-0.2, 0) is 21.1 Å². The lowest BCUT2D eigenvalue weighted by Gasteiger charge is -2.15. The van der Waals surface area contributed by atoms with Gasteiger partial charge in [0.1, 0.15) is 10.7 Å². The number of amides is 1. The van der Waals surface area contributed by atoms with E-state index in [9.17, 15) is 17.6 Å². The molecule has 0 aromatic heterocycles. The number of hydrogen-bond donors (Lipinski definition) is 1. The normalized spacial score (nSPS) is 12.7. The van der Waals surface area contributed by atoms with Crippen molar-refractivity contribution in [2.45, 2.75) is 31.2 Å². The lowest BCUT2D eigenvalue weighted by Crippen LogP contribution is -2.28. The maximum absolute atomic E-state index is 13.9. The van der Waals surface area contributed by atoms with Crippen molar-refractivity contribution < 1.29 is 17.6 Å². The number of aryl methyl sites for hydroxylation is 1. The SMILES string of the molecule is Cc1cccc(CC(=O)NC(C)c2ccc(S(C)(=O)=O)c(F)c2)c1. The van der Waals surface area contributed by atoms with Gasteiger partial charge in [0.15, 0.2) is 9.84 Å². The predicted octanol–water partition coefficient (Wildman–Crippen LogP) is 2.96. The van der Waals surface area contributed by atoms with E-state index >= 15 is 0 Å². The summed E-state index contributed by atoms with van der Waals surface area (Å²) in [6.07, 6.45) is 1.19. The molecule has 6 heteroatoms. The van der Waals surface area contributed by atoms with E-state index in [1.54, 1.807) is 6.92 Å². The molecular formula is C18H20FNO3S. The van der Waals surface area contributed by atoms with E-state index in [-0.39, 0.29) is 17.2 Å². The van der Waals surface area contributed by atoms with Gasteiger partial charge in [-0.1, -0.05) is 35.9 Å². The molecule has 0 aliphatic rings. The Morgan fingerprint density at radius 3 is 2.50 bits per heavy atom. The Balaban J connectivity index is 2.08. The van der Waals surface area contributed by atoms with Crippen molar-refractivity contribution in [3.63, 3.8) is 0 Å². The molecule has 2 aromatic rings. The van der Waals surface area contributed by atoms with Gasteiger partial charge in [-0.2, -0.15) is 0 Å². The fraction of sp³-hybridized carbons (Fsp3) is 0.278. The van der Waals surface area contributed by atoms with Crippen LogP contribution in [0, 0.1) is 12.7 Å². The molecule has 0 spiro atoms. The van der Waals surface area contributed by atoms with Crippen molar-refractivity contribution >= 4 is 15.7 Å². The van der Waals surface area contributed by atoms with Crippen LogP contribution in [0.25, 0.3) is 0 Å². The summed E-state index contributed by atoms with van der Waals surface area (Å²) < 4.78 is 36.8. The smallest absolute Gasteiger partial charge is 0.224 e. The van der Waals surface area contributed by atoms with E-state index in [4.69, 9.17) is 0 Å². The largest absolute Gasteiger partial charge is 0.349 e. The number of rotatable bonds is 5. The molecule has 1 unspecified atom stereocenters. The summed E-state index contributed by atoms with van der Waals surface area (Å²) in [7, 11) is -3.61. The molecule has 128 valence electrons. The van der Waals surface area contributed by atoms with Crippen LogP contribution in [0.3, 0.4) is 0 Å². The number of halogens is 1. The predicted molar refractivity (Wildman–Crippen MR) is 91.0 cm³/mol. The zero-order chi connectivity index (χ0) is 17.9. The minimum Gasteiger partial charge on any atom is -0.349 e. The Hall–Kier alpha value is -2.21. The van der Waals surface area contributed by atoms with Crippen LogP contribution in [0.2, 0.25) is 0 Å². The monoisotopic (exact) mass is 349 g/mol. The highest BCUT2D eigenvalue weighted by Gasteiger charge is 2.17. The van der Waals surface area contributed by atoms with Gasteiger partial charge in [-0.05, 0) is 37.1 Å². The van der Waals surface area contributed by atoms with Crippen LogP contribution in [-0.4, -0.2) is 20.6 Å². The van der Waals surface area contributed by atoms with E-state index in [1.165, 1.54) is 12.1 Å². The first-order valence-corrected chi connectivity index (χ1v) is 9.40. The number of benzene rings is 2. The zero-order valence-corrected chi connectivity index (χ0v) is 14.7. The Labute approximate surface area is 141 Å². The van der Waals surface area contributed by atoms with E-state index in [1.807, 2.05) is 31.2 Å². The molecule has 2 aromatic carbocycles. The van der Waals surface area contributed by atoms with E-state index in [0.717, 1.165) is 23.4 Å². The highest BCUT2D eigenvalue weighted by molar-refractivity contribution is 7.90. The van der Waals surface area contributed by atoms with Gasteiger partial charge in [-0.15, -0.1) is 0 Å². The van der Waals surface area contributed by atoms with Crippen LogP contribution >= 0.6 is 0 Å². The molecule has 0 fully saturated rings. The first-order valence-electron chi connectivity index (χ1n) is 7.51. The first kappa shape index (κ1) is 18.1. The van der Waals surface area contributed by atoms with Gasteiger partial charge < -0.3 is 5.32 Å². The Bertz CT molecular complexity index is 862. The van der Waals surface area contributed by atoms with Gasteiger partial charge in [0.25, 0.3) is 0 Å². The van der Waals surface area contributed by atoms with Crippen LogP contribution in [0.5, 0.6) is 0 Å². The summed E-state index contributed by atoms with van der Waals surface area (Å²) in [4.78, 5) is 11.8. The average Bonchev–Trinajstić information content (AvgIpc) is 2.45. The summed E-state index contributed by atoms with van der Waals surface area (Å²) in [5.41, 5.74) is 2.49. The molecule has 0 saturated carbocycles. The maximum Gasteiger partial charge on any atom is 0.224 e. The third-order valence-corrected chi connectivity index (χ3v) is 4.81. The average molecular weight is 349 g/mol. The molecule has 1 amide bonds. The van der Waals surface area contributed by atoms with Gasteiger partial charge >= 0.3 is 0 Å². The molecule has 1 atom stereocenters. The van der Waals surface area contributed by atoms with Gasteiger partial charge in [-0.3, -0.25) is 4.79 Å². The molecular weight excluding hydrogens is 329 g/mol. The second-order valence-electron chi connectivity index (χ2n) is 5.92.